The smallest absolute Gasteiger partial charge is 0.475 e. The number of para-hydroxylation sites is 1. The largest absolute Gasteiger partial charge is 0.490 e. The molecule has 3 aromatic carbocycles. The highest BCUT2D eigenvalue weighted by Gasteiger charge is 2.38. The molecule has 0 atom stereocenters. The molecule has 1 amide bonds. The Morgan fingerprint density at radius 2 is 1.50 bits per heavy atom. The van der Waals surface area contributed by atoms with E-state index in [2.05, 4.69) is 63.3 Å². The molecule has 1 aliphatic heterocycles. The second kappa shape index (κ2) is 14.5. The lowest BCUT2D eigenvalue weighted by Crippen LogP contribution is -2.33. The number of nitrogens with zero attached hydrogens (tertiary/aromatic N) is 2. The van der Waals surface area contributed by atoms with Crippen LogP contribution in [0.25, 0.3) is 22.2 Å². The number of aliphatic carboxylic acids is 1. The molecular formula is C33H34Cl2F3N3O3. The minimum atomic E-state index is -5.08. The summed E-state index contributed by atoms with van der Waals surface area (Å²) in [4.78, 5) is 24.3. The van der Waals surface area contributed by atoms with Crippen LogP contribution in [0, 0.1) is 0 Å². The number of carboxylic acids is 1. The standard InChI is InChI=1S/C31H33Cl2N3O.C2HF3O2/c1-21(2)34-29(37)20-36-28-14-7-6-11-24(28)25(31(36)23-9-4-3-5-10-23)19-35-17-15-22(16-18-35)30-26(32)12-8-13-27(30)33;3-2(4,5)1(6)7/h3-14,21-22H,15-20H2,1-2H3,(H,34,37);(H,6,7). The van der Waals surface area contributed by atoms with Crippen LogP contribution in [0.15, 0.2) is 72.8 Å². The highest BCUT2D eigenvalue weighted by atomic mass is 35.5. The number of aromatic nitrogens is 1. The molecule has 1 aromatic heterocycles. The van der Waals surface area contributed by atoms with Crippen molar-refractivity contribution in [1.82, 2.24) is 14.8 Å². The SMILES string of the molecule is CC(C)NC(=O)Cn1c(-c2ccccc2)c(CN2CCC(c3c(Cl)cccc3Cl)CC2)c2ccccc21.O=C(O)C(F)(F)F. The van der Waals surface area contributed by atoms with Crippen LogP contribution in [0.5, 0.6) is 0 Å². The first-order valence-corrected chi connectivity index (χ1v) is 15.0. The average molecular weight is 649 g/mol. The zero-order valence-electron chi connectivity index (χ0n) is 24.4. The molecule has 2 heterocycles. The second-order valence-corrected chi connectivity index (χ2v) is 11.8. The Labute approximate surface area is 264 Å². The maximum Gasteiger partial charge on any atom is 0.490 e. The van der Waals surface area contributed by atoms with E-state index < -0.39 is 12.1 Å². The van der Waals surface area contributed by atoms with Gasteiger partial charge in [-0.15, -0.1) is 0 Å². The van der Waals surface area contributed by atoms with Gasteiger partial charge in [-0.25, -0.2) is 4.79 Å². The van der Waals surface area contributed by atoms with Crippen LogP contribution >= 0.6 is 23.2 Å². The summed E-state index contributed by atoms with van der Waals surface area (Å²) in [6, 6.07) is 24.8. The molecule has 11 heteroatoms. The topological polar surface area (TPSA) is 74.6 Å². The van der Waals surface area contributed by atoms with E-state index in [9.17, 15) is 18.0 Å². The molecule has 1 saturated heterocycles. The number of amides is 1. The van der Waals surface area contributed by atoms with Crippen molar-refractivity contribution < 1.29 is 27.9 Å². The molecule has 0 radical (unpaired) electrons. The summed E-state index contributed by atoms with van der Waals surface area (Å²) in [7, 11) is 0. The number of piperidine rings is 1. The quantitative estimate of drug-likeness (QED) is 0.212. The molecule has 2 N–H and O–H groups in total. The van der Waals surface area contributed by atoms with Crippen molar-refractivity contribution in [2.24, 2.45) is 0 Å². The molecule has 234 valence electrons. The first kappa shape index (κ1) is 33.4. The van der Waals surface area contributed by atoms with E-state index in [4.69, 9.17) is 33.1 Å². The molecule has 1 aliphatic rings. The van der Waals surface area contributed by atoms with E-state index in [1.54, 1.807) is 0 Å². The number of carboxylic acid groups (broad SMARTS) is 1. The number of rotatable bonds is 7. The fraction of sp³-hybridized carbons (Fsp3) is 0.333. The first-order valence-electron chi connectivity index (χ1n) is 14.3. The predicted octanol–water partition coefficient (Wildman–Crippen LogP) is 8.15. The van der Waals surface area contributed by atoms with Crippen LogP contribution < -0.4 is 5.32 Å². The normalized spacial score (nSPS) is 14.4. The van der Waals surface area contributed by atoms with Crippen molar-refractivity contribution in [2.45, 2.75) is 57.9 Å². The summed E-state index contributed by atoms with van der Waals surface area (Å²) >= 11 is 13.1. The highest BCUT2D eigenvalue weighted by molar-refractivity contribution is 6.36. The Hall–Kier alpha value is -3.53. The number of fused-ring (bicyclic) bond motifs is 1. The van der Waals surface area contributed by atoms with Gasteiger partial charge < -0.3 is 15.0 Å². The number of nitrogens with one attached hydrogen (secondary N) is 1. The van der Waals surface area contributed by atoms with Crippen LogP contribution in [0.2, 0.25) is 10.0 Å². The Morgan fingerprint density at radius 3 is 2.07 bits per heavy atom. The Kier molecular flexibility index (Phi) is 11.0. The van der Waals surface area contributed by atoms with Crippen molar-refractivity contribution in [1.29, 1.82) is 0 Å². The zero-order chi connectivity index (χ0) is 32.0. The Balaban J connectivity index is 0.000000566. The number of carbonyl (C=O) groups excluding carboxylic acids is 1. The van der Waals surface area contributed by atoms with E-state index in [1.165, 1.54) is 10.9 Å². The minimum Gasteiger partial charge on any atom is -0.475 e. The monoisotopic (exact) mass is 647 g/mol. The van der Waals surface area contributed by atoms with E-state index >= 15 is 0 Å². The third-order valence-corrected chi connectivity index (χ3v) is 8.15. The molecule has 6 nitrogen and oxygen atoms in total. The maximum atomic E-state index is 12.9. The van der Waals surface area contributed by atoms with Gasteiger partial charge >= 0.3 is 12.1 Å². The van der Waals surface area contributed by atoms with E-state index in [1.807, 2.05) is 38.1 Å². The Morgan fingerprint density at radius 1 is 0.932 bits per heavy atom. The van der Waals surface area contributed by atoms with Gasteiger partial charge in [0.2, 0.25) is 5.91 Å². The Bertz CT molecular complexity index is 1580. The van der Waals surface area contributed by atoms with Gasteiger partial charge in [0.25, 0.3) is 0 Å². The zero-order valence-corrected chi connectivity index (χ0v) is 25.9. The van der Waals surface area contributed by atoms with Gasteiger partial charge in [-0.05, 0) is 80.6 Å². The van der Waals surface area contributed by atoms with Gasteiger partial charge in [0.1, 0.15) is 6.54 Å². The van der Waals surface area contributed by atoms with Crippen LogP contribution in [0.4, 0.5) is 13.2 Å². The fourth-order valence-corrected chi connectivity index (χ4v) is 6.35. The lowest BCUT2D eigenvalue weighted by atomic mass is 9.89. The van der Waals surface area contributed by atoms with Gasteiger partial charge in [-0.2, -0.15) is 13.2 Å². The molecule has 1 fully saturated rings. The number of likely N-dealkylation sites (tertiary alicyclic amines) is 1. The van der Waals surface area contributed by atoms with Crippen molar-refractivity contribution in [3.8, 4) is 11.3 Å². The molecular weight excluding hydrogens is 614 g/mol. The van der Waals surface area contributed by atoms with Crippen LogP contribution in [-0.4, -0.2) is 51.8 Å². The lowest BCUT2D eigenvalue weighted by molar-refractivity contribution is -0.192. The number of hydrogen-bond acceptors (Lipinski definition) is 3. The summed E-state index contributed by atoms with van der Waals surface area (Å²) in [5.41, 5.74) is 5.70. The summed E-state index contributed by atoms with van der Waals surface area (Å²) in [5, 5.41) is 12.9. The van der Waals surface area contributed by atoms with Crippen molar-refractivity contribution in [2.75, 3.05) is 13.1 Å². The number of hydrogen-bond donors (Lipinski definition) is 2. The van der Waals surface area contributed by atoms with Crippen LogP contribution in [0.1, 0.15) is 43.7 Å². The number of benzene rings is 3. The van der Waals surface area contributed by atoms with Gasteiger partial charge in [0.15, 0.2) is 0 Å². The third kappa shape index (κ3) is 8.14. The molecule has 0 spiro atoms. The number of alkyl halides is 3. The number of carbonyl (C=O) groups is 2. The van der Waals surface area contributed by atoms with Crippen molar-refractivity contribution in [3.63, 3.8) is 0 Å². The molecule has 0 saturated carbocycles. The van der Waals surface area contributed by atoms with Gasteiger partial charge in [-0.3, -0.25) is 9.69 Å². The summed E-state index contributed by atoms with van der Waals surface area (Å²) in [6.07, 6.45) is -3.06. The van der Waals surface area contributed by atoms with Gasteiger partial charge in [-0.1, -0.05) is 77.8 Å². The average Bonchev–Trinajstić information content (AvgIpc) is 3.26. The third-order valence-electron chi connectivity index (χ3n) is 7.49. The van der Waals surface area contributed by atoms with Gasteiger partial charge in [0, 0.05) is 33.5 Å². The second-order valence-electron chi connectivity index (χ2n) is 11.0. The van der Waals surface area contributed by atoms with Crippen LogP contribution in [-0.2, 0) is 22.7 Å². The van der Waals surface area contributed by atoms with E-state index in [0.717, 1.165) is 64.9 Å². The summed E-state index contributed by atoms with van der Waals surface area (Å²) in [5.74, 6) is -2.36. The first-order chi connectivity index (χ1) is 20.9. The predicted molar refractivity (Wildman–Crippen MR) is 168 cm³/mol. The summed E-state index contributed by atoms with van der Waals surface area (Å²) < 4.78 is 33.9. The van der Waals surface area contributed by atoms with E-state index in [0.29, 0.717) is 5.92 Å². The molecule has 0 aliphatic carbocycles. The summed E-state index contributed by atoms with van der Waals surface area (Å²) in [6.45, 7) is 7.04. The minimum absolute atomic E-state index is 0.0249. The van der Waals surface area contributed by atoms with E-state index in [-0.39, 0.29) is 18.5 Å². The van der Waals surface area contributed by atoms with Crippen molar-refractivity contribution in [3.05, 3.63) is 94.0 Å². The maximum absolute atomic E-state index is 12.9. The molecule has 5 rings (SSSR count). The fourth-order valence-electron chi connectivity index (χ4n) is 5.64. The highest BCUT2D eigenvalue weighted by Crippen LogP contribution is 2.39. The molecule has 0 unspecified atom stereocenters. The van der Waals surface area contributed by atoms with Crippen molar-refractivity contribution >= 4 is 46.0 Å². The number of halogens is 5. The molecule has 0 bridgehead atoms. The molecule has 44 heavy (non-hydrogen) atoms. The van der Waals surface area contributed by atoms with Gasteiger partial charge in [0.05, 0.1) is 5.69 Å². The molecule has 4 aromatic rings. The lowest BCUT2D eigenvalue weighted by Gasteiger charge is -2.33. The van der Waals surface area contributed by atoms with Crippen LogP contribution in [0.3, 0.4) is 0 Å².